The van der Waals surface area contributed by atoms with Crippen LogP contribution in [-0.2, 0) is 13.5 Å². The number of anilines is 1. The summed E-state index contributed by atoms with van der Waals surface area (Å²) in [7, 11) is 1.95. The lowest BCUT2D eigenvalue weighted by molar-refractivity contribution is -0.384. The Morgan fingerprint density at radius 2 is 1.73 bits per heavy atom. The highest BCUT2D eigenvalue weighted by Gasteiger charge is 2.30. The molecule has 2 fully saturated rings. The monoisotopic (exact) mass is 696 g/mol. The molecule has 1 aromatic carbocycles. The van der Waals surface area contributed by atoms with E-state index in [1.807, 2.05) is 17.9 Å². The second kappa shape index (κ2) is 17.3. The van der Waals surface area contributed by atoms with Crippen molar-refractivity contribution in [1.82, 2.24) is 30.0 Å². The fourth-order valence-corrected chi connectivity index (χ4v) is 6.55. The Morgan fingerprint density at radius 3 is 2.41 bits per heavy atom. The SMILES string of the molecule is Cn1ncc(-c2nc(N[C@H]3CC[C@H](N(CCCCCCCCNC(=O)Oc4ccc([N+](=O)[O-])cc4)C(=O)O)CC3)ncc2Cl)c1CC1CC1. The Bertz CT molecular complexity index is 1570. The number of aromatic nitrogens is 4. The molecular formula is C34H45ClN8O6. The van der Waals surface area contributed by atoms with E-state index in [4.69, 9.17) is 21.3 Å². The first-order valence-corrected chi connectivity index (χ1v) is 17.6. The zero-order valence-corrected chi connectivity index (χ0v) is 28.6. The minimum atomic E-state index is -0.868. The van der Waals surface area contributed by atoms with Gasteiger partial charge in [-0.05, 0) is 75.8 Å². The van der Waals surface area contributed by atoms with Gasteiger partial charge in [-0.15, -0.1) is 0 Å². The molecule has 0 spiro atoms. The van der Waals surface area contributed by atoms with Gasteiger partial charge in [0, 0.05) is 55.6 Å². The standard InChI is InChI=1S/C34H45ClN8O6/c1-41-30(20-23-8-9-23)28(21-38-41)31-29(35)22-37-32(40-31)39-24-10-12-25(13-11-24)42(34(45)46)19-7-5-3-2-4-6-18-36-33(44)49-27-16-14-26(15-17-27)43(47)48/h14-17,21-25H,2-13,18-20H2,1H3,(H,36,44)(H,45,46)(H,37,39,40)/t24-,25-. The number of carbonyl (C=O) groups is 2. The van der Waals surface area contributed by atoms with Crippen LogP contribution in [0, 0.1) is 16.0 Å². The number of ether oxygens (including phenoxy) is 1. The number of unbranched alkanes of at least 4 members (excludes halogenated alkanes) is 5. The lowest BCUT2D eigenvalue weighted by Crippen LogP contribution is -2.44. The van der Waals surface area contributed by atoms with Crippen LogP contribution in [0.3, 0.4) is 0 Å². The van der Waals surface area contributed by atoms with Crippen LogP contribution in [0.1, 0.15) is 82.7 Å². The first-order valence-electron chi connectivity index (χ1n) is 17.2. The Balaban J connectivity index is 0.964. The van der Waals surface area contributed by atoms with Gasteiger partial charge >= 0.3 is 12.2 Å². The maximum Gasteiger partial charge on any atom is 0.412 e. The van der Waals surface area contributed by atoms with E-state index < -0.39 is 17.1 Å². The number of nitro benzene ring substituents is 1. The quantitative estimate of drug-likeness (QED) is 0.0741. The number of carbonyl (C=O) groups excluding carboxylic acids is 1. The number of non-ortho nitro benzene ring substituents is 1. The minimum absolute atomic E-state index is 0.00513. The third-order valence-electron chi connectivity index (χ3n) is 9.31. The van der Waals surface area contributed by atoms with E-state index in [0.717, 1.165) is 81.9 Å². The van der Waals surface area contributed by atoms with E-state index in [1.54, 1.807) is 11.1 Å². The number of nitro groups is 1. The fraction of sp³-hybridized carbons (Fsp3) is 0.559. The molecule has 0 bridgehead atoms. The van der Waals surface area contributed by atoms with Crippen LogP contribution in [0.15, 0.2) is 36.7 Å². The van der Waals surface area contributed by atoms with Gasteiger partial charge in [-0.3, -0.25) is 14.8 Å². The average molecular weight is 697 g/mol. The summed E-state index contributed by atoms with van der Waals surface area (Å²) in [5.74, 6) is 1.47. The second-order valence-corrected chi connectivity index (χ2v) is 13.4. The van der Waals surface area contributed by atoms with Gasteiger partial charge < -0.3 is 25.4 Å². The summed E-state index contributed by atoms with van der Waals surface area (Å²) in [4.78, 5) is 45.1. The molecule has 264 valence electrons. The Morgan fingerprint density at radius 1 is 1.04 bits per heavy atom. The summed E-state index contributed by atoms with van der Waals surface area (Å²) >= 11 is 6.54. The van der Waals surface area contributed by atoms with Gasteiger partial charge in [-0.25, -0.2) is 19.6 Å². The lowest BCUT2D eigenvalue weighted by atomic mass is 9.90. The number of benzene rings is 1. The molecule has 0 atom stereocenters. The van der Waals surface area contributed by atoms with Crippen molar-refractivity contribution in [1.29, 1.82) is 0 Å². The zero-order chi connectivity index (χ0) is 34.8. The smallest absolute Gasteiger partial charge is 0.412 e. The molecule has 3 aromatic rings. The van der Waals surface area contributed by atoms with Gasteiger partial charge in [0.25, 0.3) is 5.69 Å². The van der Waals surface area contributed by atoms with Gasteiger partial charge in [0.2, 0.25) is 5.95 Å². The summed E-state index contributed by atoms with van der Waals surface area (Å²) in [5, 5.41) is 31.8. The van der Waals surface area contributed by atoms with E-state index in [2.05, 4.69) is 20.7 Å². The van der Waals surface area contributed by atoms with E-state index in [1.165, 1.54) is 37.1 Å². The normalized spacial score (nSPS) is 17.3. The molecule has 2 aliphatic carbocycles. The molecule has 15 heteroatoms. The van der Waals surface area contributed by atoms with Crippen LogP contribution in [0.4, 0.5) is 21.2 Å². The third-order valence-corrected chi connectivity index (χ3v) is 9.59. The molecule has 0 unspecified atom stereocenters. The molecule has 0 aliphatic heterocycles. The topological polar surface area (TPSA) is 178 Å². The predicted molar refractivity (Wildman–Crippen MR) is 185 cm³/mol. The summed E-state index contributed by atoms with van der Waals surface area (Å²) < 4.78 is 7.04. The molecule has 2 saturated carbocycles. The highest BCUT2D eigenvalue weighted by molar-refractivity contribution is 6.33. The van der Waals surface area contributed by atoms with Crippen molar-refractivity contribution < 1.29 is 24.4 Å². The average Bonchev–Trinajstić information content (AvgIpc) is 3.84. The zero-order valence-electron chi connectivity index (χ0n) is 27.9. The number of halogens is 1. The van der Waals surface area contributed by atoms with Crippen molar-refractivity contribution >= 4 is 35.4 Å². The minimum Gasteiger partial charge on any atom is -0.465 e. The molecule has 49 heavy (non-hydrogen) atoms. The number of nitrogens with zero attached hydrogens (tertiary/aromatic N) is 6. The Hall–Kier alpha value is -4.46. The molecule has 5 rings (SSSR count). The van der Waals surface area contributed by atoms with Crippen molar-refractivity contribution in [2.45, 2.75) is 95.6 Å². The second-order valence-electron chi connectivity index (χ2n) is 13.0. The Labute approximate surface area is 290 Å². The van der Waals surface area contributed by atoms with E-state index in [0.29, 0.717) is 35.7 Å². The van der Waals surface area contributed by atoms with Gasteiger partial charge in [0.15, 0.2) is 0 Å². The molecule has 14 nitrogen and oxygen atoms in total. The van der Waals surface area contributed by atoms with Gasteiger partial charge in [0.1, 0.15) is 5.75 Å². The number of carboxylic acid groups (broad SMARTS) is 1. The summed E-state index contributed by atoms with van der Waals surface area (Å²) in [6, 6.07) is 5.47. The maximum absolute atomic E-state index is 12.1. The van der Waals surface area contributed by atoms with Gasteiger partial charge in [0.05, 0.1) is 28.0 Å². The maximum atomic E-state index is 12.1. The summed E-state index contributed by atoms with van der Waals surface area (Å²) in [6.07, 6.45) is 14.1. The van der Waals surface area contributed by atoms with Crippen LogP contribution in [-0.4, -0.2) is 72.0 Å². The van der Waals surface area contributed by atoms with E-state index >= 15 is 0 Å². The predicted octanol–water partition coefficient (Wildman–Crippen LogP) is 7.22. The summed E-state index contributed by atoms with van der Waals surface area (Å²) in [6.45, 7) is 0.985. The number of nitrogens with one attached hydrogen (secondary N) is 2. The van der Waals surface area contributed by atoms with Gasteiger partial charge in [-0.2, -0.15) is 5.10 Å². The fourth-order valence-electron chi connectivity index (χ4n) is 6.36. The molecule has 2 aromatic heterocycles. The van der Waals surface area contributed by atoms with Crippen molar-refractivity contribution in [2.24, 2.45) is 13.0 Å². The molecule has 2 heterocycles. The van der Waals surface area contributed by atoms with Gasteiger partial charge in [-0.1, -0.05) is 37.3 Å². The number of hydrogen-bond donors (Lipinski definition) is 3. The molecule has 0 radical (unpaired) electrons. The third kappa shape index (κ3) is 10.5. The molecule has 0 saturated heterocycles. The van der Waals surface area contributed by atoms with E-state index in [-0.39, 0.29) is 23.5 Å². The highest BCUT2D eigenvalue weighted by Crippen LogP contribution is 2.37. The van der Waals surface area contributed by atoms with Crippen LogP contribution in [0.5, 0.6) is 5.75 Å². The van der Waals surface area contributed by atoms with Crippen LogP contribution in [0.2, 0.25) is 5.02 Å². The van der Waals surface area contributed by atoms with Crippen LogP contribution in [0.25, 0.3) is 11.3 Å². The first kappa shape index (κ1) is 35.8. The van der Waals surface area contributed by atoms with Crippen LogP contribution >= 0.6 is 11.6 Å². The first-order chi connectivity index (χ1) is 23.7. The van der Waals surface area contributed by atoms with Crippen molar-refractivity contribution in [2.75, 3.05) is 18.4 Å². The van der Waals surface area contributed by atoms with Crippen molar-refractivity contribution in [3.8, 4) is 17.0 Å². The number of hydrogen-bond acceptors (Lipinski definition) is 9. The molecule has 2 aliphatic rings. The van der Waals surface area contributed by atoms with Crippen molar-refractivity contribution in [3.63, 3.8) is 0 Å². The highest BCUT2D eigenvalue weighted by atomic mass is 35.5. The molecular weight excluding hydrogens is 652 g/mol. The van der Waals surface area contributed by atoms with Crippen molar-refractivity contribution in [3.05, 3.63) is 57.5 Å². The molecule has 3 N–H and O–H groups in total. The molecule has 2 amide bonds. The van der Waals surface area contributed by atoms with Crippen LogP contribution < -0.4 is 15.4 Å². The number of rotatable bonds is 17. The lowest BCUT2D eigenvalue weighted by Gasteiger charge is -2.35. The summed E-state index contributed by atoms with van der Waals surface area (Å²) in [5.41, 5.74) is 2.70. The number of aryl methyl sites for hydroxylation is 1. The van der Waals surface area contributed by atoms with E-state index in [9.17, 15) is 24.8 Å². The Kier molecular flexibility index (Phi) is 12.6. The largest absolute Gasteiger partial charge is 0.465 e. The number of amides is 2.